The predicted molar refractivity (Wildman–Crippen MR) is 197 cm³/mol. The molecule has 0 aliphatic carbocycles. The fourth-order valence-corrected chi connectivity index (χ4v) is 7.04. The number of benzene rings is 3. The molecule has 0 saturated carbocycles. The maximum absolute atomic E-state index is 14.0. The maximum atomic E-state index is 14.0. The van der Waals surface area contributed by atoms with Gasteiger partial charge in [-0.05, 0) is 93.6 Å². The summed E-state index contributed by atoms with van der Waals surface area (Å²) < 4.78 is 13.6. The summed E-state index contributed by atoms with van der Waals surface area (Å²) in [5.41, 5.74) is 7.81. The summed E-state index contributed by atoms with van der Waals surface area (Å²) in [5, 5.41) is 19.4. The van der Waals surface area contributed by atoms with Crippen LogP contribution in [0.25, 0.3) is 22.0 Å². The number of nitrogens with zero attached hydrogens (tertiary/aromatic N) is 3. The number of aromatic nitrogens is 3. The highest BCUT2D eigenvalue weighted by Gasteiger charge is 2.25. The number of carboxylic acid groups (broad SMARTS) is 1. The number of rotatable bonds is 12. The van der Waals surface area contributed by atoms with Gasteiger partial charge in [0.05, 0.1) is 48.2 Å². The third-order valence-electron chi connectivity index (χ3n) is 9.24. The lowest BCUT2D eigenvalue weighted by Crippen LogP contribution is -2.38. The van der Waals surface area contributed by atoms with Crippen LogP contribution < -0.4 is 10.1 Å². The normalized spacial score (nSPS) is 13.6. The van der Waals surface area contributed by atoms with Crippen molar-refractivity contribution in [2.75, 3.05) is 44.8 Å². The maximum Gasteiger partial charge on any atom is 0.335 e. The first-order valence-electron chi connectivity index (χ1n) is 16.7. The van der Waals surface area contributed by atoms with Gasteiger partial charge in [0.2, 0.25) is 0 Å². The molecule has 1 aliphatic rings. The van der Waals surface area contributed by atoms with Gasteiger partial charge in [-0.15, -0.1) is 0 Å². The zero-order valence-electron chi connectivity index (χ0n) is 28.7. The number of hydrogen-bond donors (Lipinski definition) is 3. The van der Waals surface area contributed by atoms with Crippen LogP contribution >= 0.6 is 23.2 Å². The average molecular weight is 719 g/mol. The zero-order valence-corrected chi connectivity index (χ0v) is 30.2. The zero-order chi connectivity index (χ0) is 35.5. The molecule has 3 N–H and O–H groups in total. The van der Waals surface area contributed by atoms with E-state index in [1.54, 1.807) is 12.1 Å². The molecule has 3 aromatic carbocycles. The number of carboxylic acids is 1. The third-order valence-corrected chi connectivity index (χ3v) is 10.2. The van der Waals surface area contributed by atoms with Crippen LogP contribution in [0.15, 0.2) is 48.5 Å². The van der Waals surface area contributed by atoms with Crippen molar-refractivity contribution in [3.63, 3.8) is 0 Å². The summed E-state index contributed by atoms with van der Waals surface area (Å²) in [5.74, 6) is -0.723. The third kappa shape index (κ3) is 7.54. The molecule has 0 atom stereocenters. The number of fused-ring (bicyclic) bond motifs is 1. The first-order chi connectivity index (χ1) is 24.0. The molecule has 50 heavy (non-hydrogen) atoms. The molecular weight excluding hydrogens is 677 g/mol. The van der Waals surface area contributed by atoms with E-state index >= 15 is 0 Å². The van der Waals surface area contributed by atoms with Crippen LogP contribution in [-0.2, 0) is 17.7 Å². The van der Waals surface area contributed by atoms with Crippen molar-refractivity contribution in [2.45, 2.75) is 47.1 Å². The van der Waals surface area contributed by atoms with Crippen LogP contribution in [0.4, 0.5) is 5.69 Å². The topological polar surface area (TPSA) is 122 Å². The van der Waals surface area contributed by atoms with E-state index in [0.717, 1.165) is 100 Å². The van der Waals surface area contributed by atoms with E-state index in [1.807, 2.05) is 56.6 Å². The van der Waals surface area contributed by atoms with Crippen LogP contribution in [0.3, 0.4) is 0 Å². The Kier molecular flexibility index (Phi) is 10.8. The molecule has 1 amide bonds. The lowest BCUT2D eigenvalue weighted by atomic mass is 9.98. The van der Waals surface area contributed by atoms with Gasteiger partial charge in [0, 0.05) is 52.6 Å². The molecule has 12 heteroatoms. The molecule has 0 radical (unpaired) electrons. The number of H-pyrrole nitrogens is 1. The van der Waals surface area contributed by atoms with Gasteiger partial charge in [0.25, 0.3) is 5.91 Å². The van der Waals surface area contributed by atoms with Gasteiger partial charge in [-0.25, -0.2) is 4.79 Å². The van der Waals surface area contributed by atoms with Crippen LogP contribution in [0, 0.1) is 27.7 Å². The van der Waals surface area contributed by atoms with E-state index < -0.39 is 5.97 Å². The number of aryl methyl sites for hydroxylation is 4. The van der Waals surface area contributed by atoms with Gasteiger partial charge in [-0.2, -0.15) is 5.10 Å². The molecule has 0 bridgehead atoms. The van der Waals surface area contributed by atoms with Gasteiger partial charge in [0.1, 0.15) is 11.4 Å². The van der Waals surface area contributed by atoms with E-state index in [9.17, 15) is 14.7 Å². The molecule has 262 valence electrons. The second kappa shape index (κ2) is 15.3. The summed E-state index contributed by atoms with van der Waals surface area (Å²) >= 11 is 13.3. The Balaban J connectivity index is 1.34. The highest BCUT2D eigenvalue weighted by atomic mass is 35.5. The number of aromatic amines is 1. The summed E-state index contributed by atoms with van der Waals surface area (Å²) in [4.78, 5) is 31.4. The minimum absolute atomic E-state index is 0.0788. The molecule has 0 spiro atoms. The number of morpholine rings is 1. The quantitative estimate of drug-likeness (QED) is 0.112. The summed E-state index contributed by atoms with van der Waals surface area (Å²) in [7, 11) is 0. The molecule has 6 rings (SSSR count). The molecule has 1 fully saturated rings. The Hall–Kier alpha value is -4.35. The van der Waals surface area contributed by atoms with E-state index in [4.69, 9.17) is 37.8 Å². The number of ether oxygens (including phenoxy) is 2. The van der Waals surface area contributed by atoms with Gasteiger partial charge >= 0.3 is 5.97 Å². The van der Waals surface area contributed by atoms with E-state index in [-0.39, 0.29) is 11.5 Å². The number of anilines is 1. The molecular formula is C38H41Cl2N5O5. The van der Waals surface area contributed by atoms with Crippen LogP contribution in [0.5, 0.6) is 5.75 Å². The number of carbonyl (C=O) groups excluding carboxylic acids is 1. The van der Waals surface area contributed by atoms with E-state index in [1.165, 1.54) is 12.1 Å². The molecule has 0 unspecified atom stereocenters. The average Bonchev–Trinajstić information content (AvgIpc) is 3.60. The van der Waals surface area contributed by atoms with Gasteiger partial charge in [-0.3, -0.25) is 14.4 Å². The lowest BCUT2D eigenvalue weighted by Gasteiger charge is -2.26. The minimum Gasteiger partial charge on any atom is -0.494 e. The Bertz CT molecular complexity index is 2040. The fraction of sp³-hybridized carbons (Fsp3) is 0.342. The highest BCUT2D eigenvalue weighted by Crippen LogP contribution is 2.40. The first-order valence-corrected chi connectivity index (χ1v) is 17.5. The second-order valence-corrected chi connectivity index (χ2v) is 13.5. The number of carbonyl (C=O) groups is 2. The number of aromatic carboxylic acids is 1. The fourth-order valence-electron chi connectivity index (χ4n) is 6.68. The van der Waals surface area contributed by atoms with Gasteiger partial charge in [-0.1, -0.05) is 35.3 Å². The molecule has 1 aliphatic heterocycles. The molecule has 3 heterocycles. The Morgan fingerprint density at radius 1 is 1.00 bits per heavy atom. The van der Waals surface area contributed by atoms with Gasteiger partial charge < -0.3 is 24.9 Å². The number of nitrogens with one attached hydrogen (secondary N) is 2. The Morgan fingerprint density at radius 2 is 1.74 bits per heavy atom. The smallest absolute Gasteiger partial charge is 0.335 e. The summed E-state index contributed by atoms with van der Waals surface area (Å²) in [6.07, 6.45) is 1.15. The van der Waals surface area contributed by atoms with Crippen molar-refractivity contribution in [1.29, 1.82) is 0 Å². The summed E-state index contributed by atoms with van der Waals surface area (Å²) in [6, 6.07) is 13.8. The molecule has 10 nitrogen and oxygen atoms in total. The van der Waals surface area contributed by atoms with Crippen molar-refractivity contribution in [1.82, 2.24) is 19.7 Å². The van der Waals surface area contributed by atoms with Gasteiger partial charge in [0.15, 0.2) is 0 Å². The van der Waals surface area contributed by atoms with E-state index in [2.05, 4.69) is 15.2 Å². The van der Waals surface area contributed by atoms with Crippen LogP contribution in [-0.4, -0.2) is 76.1 Å². The van der Waals surface area contributed by atoms with E-state index in [0.29, 0.717) is 35.9 Å². The molecule has 5 aromatic rings. The summed E-state index contributed by atoms with van der Waals surface area (Å²) in [6.45, 7) is 13.2. The van der Waals surface area contributed by atoms with Crippen molar-refractivity contribution < 1.29 is 24.2 Å². The SMILES string of the molecule is Cc1cc(OCCCc2c(C(=O)Nc3cccc(C(=O)O)c3)[nH]c3c(-c4c(C)nn(CCN5CCOCC5)c4C)c(Cl)ccc23)cc(C)c1Cl. The molecule has 2 aromatic heterocycles. The lowest BCUT2D eigenvalue weighted by molar-refractivity contribution is 0.0359. The van der Waals surface area contributed by atoms with Crippen molar-refractivity contribution in [2.24, 2.45) is 0 Å². The standard InChI is InChI=1S/C38H41Cl2N5O5/c1-22-19-28(20-23(2)34(22)40)50-16-6-9-29-30-10-11-31(39)33(32-24(3)43-45(25(32)4)13-12-44-14-17-49-18-15-44)35(30)42-36(29)37(46)41-27-8-5-7-26(21-27)38(47)48/h5,7-8,10-11,19-21,42H,6,9,12-18H2,1-4H3,(H,41,46)(H,47,48). The van der Waals surface area contributed by atoms with Crippen molar-refractivity contribution in [3.8, 4) is 16.9 Å². The Morgan fingerprint density at radius 3 is 2.46 bits per heavy atom. The number of halogens is 2. The van der Waals surface area contributed by atoms with Crippen LogP contribution in [0.2, 0.25) is 10.0 Å². The largest absolute Gasteiger partial charge is 0.494 e. The number of hydrogen-bond acceptors (Lipinski definition) is 6. The number of amides is 1. The monoisotopic (exact) mass is 717 g/mol. The first kappa shape index (κ1) is 35.5. The second-order valence-electron chi connectivity index (χ2n) is 12.7. The Labute approximate surface area is 301 Å². The van der Waals surface area contributed by atoms with Crippen molar-refractivity contribution >= 4 is 51.7 Å². The predicted octanol–water partition coefficient (Wildman–Crippen LogP) is 7.87. The van der Waals surface area contributed by atoms with Crippen LogP contribution in [0.1, 0.15) is 55.3 Å². The highest BCUT2D eigenvalue weighted by molar-refractivity contribution is 6.35. The minimum atomic E-state index is -1.08. The molecule has 1 saturated heterocycles. The van der Waals surface area contributed by atoms with Crippen molar-refractivity contribution in [3.05, 3.63) is 97.9 Å².